The lowest BCUT2D eigenvalue weighted by Gasteiger charge is -2.53. The van der Waals surface area contributed by atoms with Crippen LogP contribution in [0.5, 0.6) is 0 Å². The van der Waals surface area contributed by atoms with Crippen LogP contribution in [-0.4, -0.2) is 56.0 Å². The maximum atomic E-state index is 5.99. The lowest BCUT2D eigenvalue weighted by atomic mass is 9.87. The molecule has 0 spiro atoms. The number of morpholine rings is 1. The standard InChI is InChI=1S/C12H26N2O2/c1-5-12(8-13,10-15-4)14-6-7-16-9-11(14,2)3/h5-10,13H2,1-4H3. The van der Waals surface area contributed by atoms with Crippen LogP contribution in [0.15, 0.2) is 0 Å². The second-order valence-electron chi connectivity index (χ2n) is 5.23. The molecule has 0 radical (unpaired) electrons. The fourth-order valence-corrected chi connectivity index (χ4v) is 2.69. The van der Waals surface area contributed by atoms with Crippen LogP contribution in [0.2, 0.25) is 0 Å². The molecule has 0 aliphatic carbocycles. The third-order valence-electron chi connectivity index (χ3n) is 3.67. The summed E-state index contributed by atoms with van der Waals surface area (Å²) >= 11 is 0. The van der Waals surface area contributed by atoms with Crippen LogP contribution in [0.3, 0.4) is 0 Å². The van der Waals surface area contributed by atoms with E-state index in [-0.39, 0.29) is 11.1 Å². The lowest BCUT2D eigenvalue weighted by molar-refractivity contribution is -0.121. The van der Waals surface area contributed by atoms with Crippen LogP contribution in [0.25, 0.3) is 0 Å². The maximum absolute atomic E-state index is 5.99. The highest BCUT2D eigenvalue weighted by molar-refractivity contribution is 4.99. The zero-order valence-electron chi connectivity index (χ0n) is 11.1. The first-order valence-corrected chi connectivity index (χ1v) is 6.07. The Labute approximate surface area is 99.1 Å². The van der Waals surface area contributed by atoms with Crippen LogP contribution in [0, 0.1) is 0 Å². The molecule has 96 valence electrons. The summed E-state index contributed by atoms with van der Waals surface area (Å²) < 4.78 is 10.9. The Morgan fingerprint density at radius 3 is 2.62 bits per heavy atom. The Morgan fingerprint density at radius 2 is 2.19 bits per heavy atom. The highest BCUT2D eigenvalue weighted by Crippen LogP contribution is 2.30. The van der Waals surface area contributed by atoms with Gasteiger partial charge in [-0.1, -0.05) is 6.92 Å². The third-order valence-corrected chi connectivity index (χ3v) is 3.67. The van der Waals surface area contributed by atoms with E-state index in [1.54, 1.807) is 7.11 Å². The van der Waals surface area contributed by atoms with Crippen LogP contribution in [-0.2, 0) is 9.47 Å². The molecule has 4 heteroatoms. The topological polar surface area (TPSA) is 47.7 Å². The number of nitrogens with zero attached hydrogens (tertiary/aromatic N) is 1. The molecule has 0 aromatic heterocycles. The van der Waals surface area contributed by atoms with E-state index in [2.05, 4.69) is 25.7 Å². The van der Waals surface area contributed by atoms with Crippen LogP contribution >= 0.6 is 0 Å². The van der Waals surface area contributed by atoms with E-state index < -0.39 is 0 Å². The summed E-state index contributed by atoms with van der Waals surface area (Å²) in [5.41, 5.74) is 5.97. The molecule has 0 aromatic carbocycles. The molecule has 1 fully saturated rings. The van der Waals surface area contributed by atoms with E-state index in [1.807, 2.05) is 0 Å². The summed E-state index contributed by atoms with van der Waals surface area (Å²) in [7, 11) is 1.74. The van der Waals surface area contributed by atoms with Gasteiger partial charge in [0.15, 0.2) is 0 Å². The molecule has 0 amide bonds. The fraction of sp³-hybridized carbons (Fsp3) is 1.00. The molecule has 0 aromatic rings. The van der Waals surface area contributed by atoms with Gasteiger partial charge in [-0.25, -0.2) is 0 Å². The number of rotatable bonds is 5. The average molecular weight is 230 g/mol. The van der Waals surface area contributed by atoms with E-state index in [4.69, 9.17) is 15.2 Å². The zero-order valence-corrected chi connectivity index (χ0v) is 11.1. The highest BCUT2D eigenvalue weighted by Gasteiger charge is 2.43. The van der Waals surface area contributed by atoms with Gasteiger partial charge in [0.25, 0.3) is 0 Å². The number of ether oxygens (including phenoxy) is 2. The van der Waals surface area contributed by atoms with E-state index in [1.165, 1.54) is 0 Å². The second-order valence-corrected chi connectivity index (χ2v) is 5.23. The van der Waals surface area contributed by atoms with Gasteiger partial charge >= 0.3 is 0 Å². The average Bonchev–Trinajstić information content (AvgIpc) is 2.26. The predicted molar refractivity (Wildman–Crippen MR) is 65.6 cm³/mol. The monoisotopic (exact) mass is 230 g/mol. The normalized spacial score (nSPS) is 25.3. The van der Waals surface area contributed by atoms with Crippen molar-refractivity contribution in [2.75, 3.05) is 40.0 Å². The van der Waals surface area contributed by atoms with Crippen molar-refractivity contribution in [1.29, 1.82) is 0 Å². The summed E-state index contributed by atoms with van der Waals surface area (Å²) in [4.78, 5) is 2.47. The van der Waals surface area contributed by atoms with Gasteiger partial charge in [-0.3, -0.25) is 4.90 Å². The molecule has 1 aliphatic rings. The Bertz CT molecular complexity index is 215. The molecule has 16 heavy (non-hydrogen) atoms. The summed E-state index contributed by atoms with van der Waals surface area (Å²) in [5.74, 6) is 0. The Kier molecular flexibility index (Phi) is 4.73. The molecule has 1 rings (SSSR count). The molecule has 1 aliphatic heterocycles. The molecule has 1 saturated heterocycles. The zero-order chi connectivity index (χ0) is 12.2. The van der Waals surface area contributed by atoms with Crippen molar-refractivity contribution in [3.8, 4) is 0 Å². The maximum Gasteiger partial charge on any atom is 0.0659 e. The molecular weight excluding hydrogens is 204 g/mol. The summed E-state index contributed by atoms with van der Waals surface area (Å²) in [6.45, 7) is 10.4. The van der Waals surface area contributed by atoms with Crippen molar-refractivity contribution in [3.63, 3.8) is 0 Å². The second kappa shape index (κ2) is 5.45. The lowest BCUT2D eigenvalue weighted by Crippen LogP contribution is -2.67. The van der Waals surface area contributed by atoms with Gasteiger partial charge < -0.3 is 15.2 Å². The first-order valence-electron chi connectivity index (χ1n) is 6.07. The van der Waals surface area contributed by atoms with E-state index >= 15 is 0 Å². The molecule has 0 saturated carbocycles. The van der Waals surface area contributed by atoms with E-state index in [0.29, 0.717) is 13.2 Å². The van der Waals surface area contributed by atoms with Gasteiger partial charge in [0, 0.05) is 25.7 Å². The van der Waals surface area contributed by atoms with Gasteiger partial charge in [-0.2, -0.15) is 0 Å². The summed E-state index contributed by atoms with van der Waals surface area (Å²) in [5, 5.41) is 0. The summed E-state index contributed by atoms with van der Waals surface area (Å²) in [6, 6.07) is 0. The fourth-order valence-electron chi connectivity index (χ4n) is 2.69. The first kappa shape index (κ1) is 13.9. The minimum atomic E-state index is -0.0535. The highest BCUT2D eigenvalue weighted by atomic mass is 16.5. The van der Waals surface area contributed by atoms with Crippen molar-refractivity contribution in [2.45, 2.75) is 38.3 Å². The van der Waals surface area contributed by atoms with Crippen molar-refractivity contribution < 1.29 is 9.47 Å². The van der Waals surface area contributed by atoms with E-state index in [9.17, 15) is 0 Å². The summed E-state index contributed by atoms with van der Waals surface area (Å²) in [6.07, 6.45) is 1.00. The molecular formula is C12H26N2O2. The Morgan fingerprint density at radius 1 is 1.50 bits per heavy atom. The van der Waals surface area contributed by atoms with Crippen molar-refractivity contribution in [1.82, 2.24) is 4.90 Å². The van der Waals surface area contributed by atoms with Gasteiger partial charge in [-0.15, -0.1) is 0 Å². The molecule has 4 nitrogen and oxygen atoms in total. The van der Waals surface area contributed by atoms with Gasteiger partial charge in [0.1, 0.15) is 0 Å². The first-order chi connectivity index (χ1) is 7.52. The molecule has 1 heterocycles. The van der Waals surface area contributed by atoms with Gasteiger partial charge in [0.05, 0.1) is 25.4 Å². The minimum Gasteiger partial charge on any atom is -0.383 e. The van der Waals surface area contributed by atoms with Crippen molar-refractivity contribution in [2.24, 2.45) is 5.73 Å². The van der Waals surface area contributed by atoms with E-state index in [0.717, 1.165) is 26.2 Å². The van der Waals surface area contributed by atoms with Crippen molar-refractivity contribution in [3.05, 3.63) is 0 Å². The Balaban J connectivity index is 2.90. The minimum absolute atomic E-state index is 0.0339. The molecule has 0 bridgehead atoms. The van der Waals surface area contributed by atoms with Gasteiger partial charge in [0.2, 0.25) is 0 Å². The van der Waals surface area contributed by atoms with Crippen molar-refractivity contribution >= 4 is 0 Å². The quantitative estimate of drug-likeness (QED) is 0.760. The predicted octanol–water partition coefficient (Wildman–Crippen LogP) is 0.851. The molecule has 1 unspecified atom stereocenters. The number of hydrogen-bond donors (Lipinski definition) is 1. The number of hydrogen-bond acceptors (Lipinski definition) is 4. The third kappa shape index (κ3) is 2.56. The molecule has 2 N–H and O–H groups in total. The Hall–Kier alpha value is -0.160. The van der Waals surface area contributed by atoms with Gasteiger partial charge in [-0.05, 0) is 20.3 Å². The number of methoxy groups -OCH3 is 1. The molecule has 1 atom stereocenters. The largest absolute Gasteiger partial charge is 0.383 e. The SMILES string of the molecule is CCC(CN)(COC)N1CCOCC1(C)C. The van der Waals surface area contributed by atoms with Crippen LogP contribution in [0.4, 0.5) is 0 Å². The number of nitrogens with two attached hydrogens (primary N) is 1. The smallest absolute Gasteiger partial charge is 0.0659 e. The van der Waals surface area contributed by atoms with Crippen LogP contribution < -0.4 is 5.73 Å². The van der Waals surface area contributed by atoms with Crippen LogP contribution in [0.1, 0.15) is 27.2 Å².